The molecule has 0 amide bonds. The van der Waals surface area contributed by atoms with Gasteiger partial charge in [0.05, 0.1) is 0 Å². The summed E-state index contributed by atoms with van der Waals surface area (Å²) in [4.78, 5) is 0. The fourth-order valence-corrected chi connectivity index (χ4v) is 4.43. The second-order valence-corrected chi connectivity index (χ2v) is 7.41. The third-order valence-corrected chi connectivity index (χ3v) is 5.71. The minimum atomic E-state index is 0.832. The van der Waals surface area contributed by atoms with Crippen LogP contribution in [0.2, 0.25) is 0 Å². The Kier molecular flexibility index (Phi) is 8.02. The first-order valence-corrected chi connectivity index (χ1v) is 9.63. The minimum absolute atomic E-state index is 0.832. The summed E-state index contributed by atoms with van der Waals surface area (Å²) in [6.07, 6.45) is 20.5. The number of hydrogen-bond donors (Lipinski definition) is 1. The Balaban J connectivity index is 1.79. The highest BCUT2D eigenvalue weighted by molar-refractivity contribution is 4.80. The summed E-state index contributed by atoms with van der Waals surface area (Å²) in [6, 6.07) is 0.832. The first-order chi connectivity index (χ1) is 9.90. The summed E-state index contributed by atoms with van der Waals surface area (Å²) in [7, 11) is 0. The fourth-order valence-electron chi connectivity index (χ4n) is 4.43. The molecule has 0 bridgehead atoms. The molecule has 2 aliphatic carbocycles. The van der Waals surface area contributed by atoms with Gasteiger partial charge in [0.2, 0.25) is 0 Å². The Bertz CT molecular complexity index is 230. The zero-order chi connectivity index (χ0) is 14.0. The Hall–Kier alpha value is -0.0400. The van der Waals surface area contributed by atoms with Crippen molar-refractivity contribution in [3.8, 4) is 0 Å². The first kappa shape index (κ1) is 16.3. The molecule has 118 valence electrons. The van der Waals surface area contributed by atoms with Crippen LogP contribution >= 0.6 is 0 Å². The molecule has 2 fully saturated rings. The minimum Gasteiger partial charge on any atom is -0.313 e. The Morgan fingerprint density at radius 1 is 0.750 bits per heavy atom. The summed E-state index contributed by atoms with van der Waals surface area (Å²) in [5, 5.41) is 4.02. The lowest BCUT2D eigenvalue weighted by atomic mass is 9.83. The molecule has 0 saturated heterocycles. The van der Waals surface area contributed by atoms with E-state index in [0.717, 1.165) is 17.9 Å². The van der Waals surface area contributed by atoms with Crippen LogP contribution in [0.15, 0.2) is 0 Å². The quantitative estimate of drug-likeness (QED) is 0.638. The van der Waals surface area contributed by atoms with Crippen molar-refractivity contribution >= 4 is 0 Å². The highest BCUT2D eigenvalue weighted by Gasteiger charge is 2.23. The van der Waals surface area contributed by atoms with Gasteiger partial charge in [-0.25, -0.2) is 0 Å². The number of hydrogen-bond acceptors (Lipinski definition) is 1. The predicted octanol–water partition coefficient (Wildman–Crippen LogP) is 5.69. The normalized spacial score (nSPS) is 30.4. The Labute approximate surface area is 127 Å². The molecule has 20 heavy (non-hydrogen) atoms. The SMILES string of the molecule is CCCC1CCCCCCC1NCC1CCCCCC1. The van der Waals surface area contributed by atoms with Crippen molar-refractivity contribution < 1.29 is 0 Å². The van der Waals surface area contributed by atoms with Gasteiger partial charge in [-0.1, -0.05) is 64.7 Å². The van der Waals surface area contributed by atoms with E-state index >= 15 is 0 Å². The van der Waals surface area contributed by atoms with Gasteiger partial charge >= 0.3 is 0 Å². The van der Waals surface area contributed by atoms with Gasteiger partial charge in [0, 0.05) is 6.04 Å². The molecule has 2 atom stereocenters. The van der Waals surface area contributed by atoms with Crippen LogP contribution in [0.25, 0.3) is 0 Å². The van der Waals surface area contributed by atoms with Gasteiger partial charge in [0.15, 0.2) is 0 Å². The third-order valence-electron chi connectivity index (χ3n) is 5.71. The van der Waals surface area contributed by atoms with E-state index in [2.05, 4.69) is 12.2 Å². The number of nitrogens with one attached hydrogen (secondary N) is 1. The van der Waals surface area contributed by atoms with Crippen LogP contribution in [-0.4, -0.2) is 12.6 Å². The van der Waals surface area contributed by atoms with Gasteiger partial charge in [-0.05, 0) is 50.5 Å². The molecule has 0 aromatic rings. The van der Waals surface area contributed by atoms with Crippen LogP contribution in [-0.2, 0) is 0 Å². The first-order valence-electron chi connectivity index (χ1n) is 9.63. The molecule has 2 unspecified atom stereocenters. The van der Waals surface area contributed by atoms with E-state index in [9.17, 15) is 0 Å². The number of rotatable bonds is 5. The molecular weight excluding hydrogens is 242 g/mol. The molecule has 1 nitrogen and oxygen atoms in total. The monoisotopic (exact) mass is 279 g/mol. The van der Waals surface area contributed by atoms with Crippen molar-refractivity contribution in [2.45, 2.75) is 103 Å². The molecule has 2 saturated carbocycles. The molecule has 1 N–H and O–H groups in total. The fraction of sp³-hybridized carbons (Fsp3) is 1.00. The van der Waals surface area contributed by atoms with Crippen molar-refractivity contribution in [2.75, 3.05) is 6.54 Å². The van der Waals surface area contributed by atoms with Crippen LogP contribution in [0.3, 0.4) is 0 Å². The molecule has 0 aromatic carbocycles. The molecule has 0 aromatic heterocycles. The second kappa shape index (κ2) is 9.82. The van der Waals surface area contributed by atoms with E-state index < -0.39 is 0 Å². The van der Waals surface area contributed by atoms with Crippen LogP contribution in [0.4, 0.5) is 0 Å². The van der Waals surface area contributed by atoms with E-state index in [4.69, 9.17) is 0 Å². The molecular formula is C19H37N. The largest absolute Gasteiger partial charge is 0.313 e. The smallest absolute Gasteiger partial charge is 0.00954 e. The van der Waals surface area contributed by atoms with Crippen molar-refractivity contribution in [1.82, 2.24) is 5.32 Å². The highest BCUT2D eigenvalue weighted by Crippen LogP contribution is 2.28. The lowest BCUT2D eigenvalue weighted by molar-refractivity contribution is 0.253. The van der Waals surface area contributed by atoms with Crippen LogP contribution < -0.4 is 5.32 Å². The van der Waals surface area contributed by atoms with E-state index in [-0.39, 0.29) is 0 Å². The standard InChI is InChI=1S/C19H37N/c1-2-11-18-14-9-5-6-10-15-19(18)20-16-17-12-7-3-4-8-13-17/h17-20H,2-16H2,1H3. The summed E-state index contributed by atoms with van der Waals surface area (Å²) in [6.45, 7) is 3.67. The lowest BCUT2D eigenvalue weighted by Crippen LogP contribution is -2.39. The summed E-state index contributed by atoms with van der Waals surface area (Å²) < 4.78 is 0. The van der Waals surface area contributed by atoms with Gasteiger partial charge in [-0.2, -0.15) is 0 Å². The van der Waals surface area contributed by atoms with Crippen LogP contribution in [0.5, 0.6) is 0 Å². The average Bonchev–Trinajstić information content (AvgIpc) is 2.70. The van der Waals surface area contributed by atoms with E-state index in [1.807, 2.05) is 0 Å². The van der Waals surface area contributed by atoms with Crippen molar-refractivity contribution in [3.63, 3.8) is 0 Å². The molecule has 1 heteroatoms. The van der Waals surface area contributed by atoms with E-state index in [1.165, 1.54) is 96.4 Å². The van der Waals surface area contributed by atoms with Crippen molar-refractivity contribution in [1.29, 1.82) is 0 Å². The topological polar surface area (TPSA) is 12.0 Å². The molecule has 0 aliphatic heterocycles. The van der Waals surface area contributed by atoms with E-state index in [1.54, 1.807) is 0 Å². The second-order valence-electron chi connectivity index (χ2n) is 7.41. The molecule has 0 heterocycles. The zero-order valence-corrected chi connectivity index (χ0v) is 13.8. The van der Waals surface area contributed by atoms with Crippen LogP contribution in [0, 0.1) is 11.8 Å². The van der Waals surface area contributed by atoms with Gasteiger partial charge < -0.3 is 5.32 Å². The maximum absolute atomic E-state index is 4.02. The van der Waals surface area contributed by atoms with Crippen LogP contribution in [0.1, 0.15) is 96.8 Å². The Morgan fingerprint density at radius 2 is 1.35 bits per heavy atom. The average molecular weight is 280 g/mol. The van der Waals surface area contributed by atoms with E-state index in [0.29, 0.717) is 0 Å². The van der Waals surface area contributed by atoms with Gasteiger partial charge in [0.1, 0.15) is 0 Å². The van der Waals surface area contributed by atoms with Crippen molar-refractivity contribution in [2.24, 2.45) is 11.8 Å². The Morgan fingerprint density at radius 3 is 2.00 bits per heavy atom. The molecule has 2 aliphatic rings. The maximum Gasteiger partial charge on any atom is 0.00954 e. The summed E-state index contributed by atoms with van der Waals surface area (Å²) in [5.74, 6) is 1.94. The molecule has 0 spiro atoms. The summed E-state index contributed by atoms with van der Waals surface area (Å²) in [5.41, 5.74) is 0. The van der Waals surface area contributed by atoms with Gasteiger partial charge in [-0.15, -0.1) is 0 Å². The third kappa shape index (κ3) is 5.76. The highest BCUT2D eigenvalue weighted by atomic mass is 14.9. The molecule has 0 radical (unpaired) electrons. The summed E-state index contributed by atoms with van der Waals surface area (Å²) >= 11 is 0. The lowest BCUT2D eigenvalue weighted by Gasteiger charge is -2.31. The zero-order valence-electron chi connectivity index (χ0n) is 13.8. The maximum atomic E-state index is 4.02. The van der Waals surface area contributed by atoms with Gasteiger partial charge in [-0.3, -0.25) is 0 Å². The molecule has 2 rings (SSSR count). The predicted molar refractivity (Wildman–Crippen MR) is 89.1 cm³/mol. The van der Waals surface area contributed by atoms with Gasteiger partial charge in [0.25, 0.3) is 0 Å². The van der Waals surface area contributed by atoms with Crippen molar-refractivity contribution in [3.05, 3.63) is 0 Å².